The minimum Gasteiger partial charge on any atom is -0.486 e. The van der Waals surface area contributed by atoms with Crippen molar-refractivity contribution >= 4 is 11.9 Å². The van der Waals surface area contributed by atoms with E-state index in [0.717, 1.165) is 0 Å². The Morgan fingerprint density at radius 1 is 1.30 bits per heavy atom. The lowest BCUT2D eigenvalue weighted by Crippen LogP contribution is -2.38. The Hall–Kier alpha value is -3.43. The Morgan fingerprint density at radius 2 is 2.07 bits per heavy atom. The number of nitrogens with zero attached hydrogens (tertiary/aromatic N) is 2. The minimum atomic E-state index is -0.598. The zero-order valence-corrected chi connectivity index (χ0v) is 14.3. The maximum atomic E-state index is 12.8. The third kappa shape index (κ3) is 4.81. The van der Waals surface area contributed by atoms with Gasteiger partial charge in [-0.15, -0.1) is 0 Å². The molecular weight excluding hydrogens is 357 g/mol. The van der Waals surface area contributed by atoms with Crippen LogP contribution in [-0.4, -0.2) is 53.0 Å². The van der Waals surface area contributed by atoms with Crippen LogP contribution < -0.4 is 20.9 Å². The number of halogens is 1. The maximum Gasteiger partial charge on any atom is 0.317 e. The predicted octanol–water partition coefficient (Wildman–Crippen LogP) is 0.243. The van der Waals surface area contributed by atoms with Gasteiger partial charge in [0, 0.05) is 32.4 Å². The number of hydrogen-bond donors (Lipinski definition) is 3. The van der Waals surface area contributed by atoms with Gasteiger partial charge in [0.2, 0.25) is 0 Å². The number of ether oxygens (including phenoxy) is 1. The van der Waals surface area contributed by atoms with Crippen molar-refractivity contribution in [3.05, 3.63) is 58.0 Å². The molecule has 3 rings (SSSR count). The average molecular weight is 375 g/mol. The van der Waals surface area contributed by atoms with Gasteiger partial charge in [0.05, 0.1) is 0 Å². The number of hydrogen-bond acceptors (Lipinski definition) is 5. The molecule has 1 saturated heterocycles. The highest BCUT2D eigenvalue weighted by atomic mass is 19.1. The number of H-pyrrole nitrogens is 1. The molecule has 1 aliphatic rings. The summed E-state index contributed by atoms with van der Waals surface area (Å²) < 4.78 is 18.2. The van der Waals surface area contributed by atoms with Crippen molar-refractivity contribution < 1.29 is 18.7 Å². The lowest BCUT2D eigenvalue weighted by molar-refractivity contribution is 0.0948. The number of rotatable bonds is 7. The van der Waals surface area contributed by atoms with Gasteiger partial charge in [-0.3, -0.25) is 9.59 Å². The van der Waals surface area contributed by atoms with Crippen molar-refractivity contribution in [3.8, 4) is 5.75 Å². The van der Waals surface area contributed by atoms with Crippen LogP contribution in [0.4, 0.5) is 9.18 Å². The molecule has 0 radical (unpaired) electrons. The molecule has 1 aromatic carbocycles. The van der Waals surface area contributed by atoms with E-state index in [-0.39, 0.29) is 36.4 Å². The largest absolute Gasteiger partial charge is 0.486 e. The molecule has 142 valence electrons. The number of carbonyl (C=O) groups excluding carboxylic acids is 2. The number of urea groups is 1. The molecule has 0 aliphatic carbocycles. The van der Waals surface area contributed by atoms with Crippen LogP contribution in [0.5, 0.6) is 5.75 Å². The first-order chi connectivity index (χ1) is 13.0. The van der Waals surface area contributed by atoms with Crippen LogP contribution in [-0.2, 0) is 6.61 Å². The van der Waals surface area contributed by atoms with E-state index in [9.17, 15) is 18.8 Å². The van der Waals surface area contributed by atoms with Crippen molar-refractivity contribution in [1.82, 2.24) is 25.5 Å². The number of nitrogens with one attached hydrogen (secondary N) is 3. The number of amides is 3. The lowest BCUT2D eigenvalue weighted by Gasteiger charge is -2.14. The van der Waals surface area contributed by atoms with Gasteiger partial charge in [-0.25, -0.2) is 14.2 Å². The van der Waals surface area contributed by atoms with Crippen molar-refractivity contribution in [1.29, 1.82) is 0 Å². The Kier molecular flexibility index (Phi) is 5.64. The maximum absolute atomic E-state index is 12.8. The highest BCUT2D eigenvalue weighted by Crippen LogP contribution is 2.12. The first-order valence-electron chi connectivity index (χ1n) is 8.30. The van der Waals surface area contributed by atoms with E-state index in [1.54, 1.807) is 4.90 Å². The molecule has 3 N–H and O–H groups in total. The molecule has 10 heteroatoms. The number of aromatic nitrogens is 2. The molecule has 1 aliphatic heterocycles. The summed E-state index contributed by atoms with van der Waals surface area (Å²) in [7, 11) is 0. The molecule has 0 unspecified atom stereocenters. The van der Waals surface area contributed by atoms with Crippen LogP contribution in [0.25, 0.3) is 0 Å². The third-order valence-electron chi connectivity index (χ3n) is 3.90. The monoisotopic (exact) mass is 375 g/mol. The summed E-state index contributed by atoms with van der Waals surface area (Å²) in [5.41, 5.74) is -0.731. The van der Waals surface area contributed by atoms with Gasteiger partial charge >= 0.3 is 6.03 Å². The Bertz CT molecular complexity index is 884. The molecule has 1 fully saturated rings. The summed E-state index contributed by atoms with van der Waals surface area (Å²) in [5.74, 6) is -0.301. The first-order valence-corrected chi connectivity index (χ1v) is 8.30. The predicted molar refractivity (Wildman–Crippen MR) is 92.9 cm³/mol. The second-order valence-corrected chi connectivity index (χ2v) is 5.79. The van der Waals surface area contributed by atoms with Gasteiger partial charge in [-0.1, -0.05) is 0 Å². The van der Waals surface area contributed by atoms with E-state index in [0.29, 0.717) is 25.4 Å². The van der Waals surface area contributed by atoms with Gasteiger partial charge in [-0.2, -0.15) is 0 Å². The van der Waals surface area contributed by atoms with Gasteiger partial charge in [-0.05, 0) is 24.3 Å². The number of benzene rings is 1. The fourth-order valence-electron chi connectivity index (χ4n) is 2.47. The molecule has 3 amide bonds. The second kappa shape index (κ2) is 8.30. The summed E-state index contributed by atoms with van der Waals surface area (Å²) in [6, 6.07) is 5.25. The van der Waals surface area contributed by atoms with Gasteiger partial charge in [0.25, 0.3) is 11.5 Å². The van der Waals surface area contributed by atoms with Crippen molar-refractivity contribution in [2.24, 2.45) is 0 Å². The SMILES string of the molecule is O=C(NCCN1CCNC1=O)c1cnc(COc2ccc(F)cc2)[nH]c1=O. The fraction of sp³-hybridized carbons (Fsp3) is 0.294. The summed E-state index contributed by atoms with van der Waals surface area (Å²) in [4.78, 5) is 43.6. The van der Waals surface area contributed by atoms with Crippen molar-refractivity contribution in [2.45, 2.75) is 6.61 Å². The number of carbonyl (C=O) groups is 2. The summed E-state index contributed by atoms with van der Waals surface area (Å²) in [6.45, 7) is 1.71. The molecular formula is C17H18FN5O4. The van der Waals surface area contributed by atoms with E-state index in [2.05, 4.69) is 20.6 Å². The Balaban J connectivity index is 1.52. The van der Waals surface area contributed by atoms with Crippen LogP contribution in [0.3, 0.4) is 0 Å². The average Bonchev–Trinajstić information content (AvgIpc) is 3.06. The van der Waals surface area contributed by atoms with Crippen LogP contribution in [0.15, 0.2) is 35.3 Å². The first kappa shape index (κ1) is 18.4. The zero-order valence-electron chi connectivity index (χ0n) is 14.3. The standard InChI is InChI=1S/C17H18FN5O4/c18-11-1-3-12(4-2-11)27-10-14-21-9-13(16(25)22-14)15(24)19-5-7-23-8-6-20-17(23)26/h1-4,9H,5-8,10H2,(H,19,24)(H,20,26)(H,21,22,25). The number of aromatic amines is 1. The van der Waals surface area contributed by atoms with E-state index < -0.39 is 11.5 Å². The van der Waals surface area contributed by atoms with E-state index >= 15 is 0 Å². The minimum absolute atomic E-state index is 0.0349. The van der Waals surface area contributed by atoms with E-state index in [1.165, 1.54) is 30.5 Å². The Labute approximate surface area is 153 Å². The molecule has 0 atom stereocenters. The fourth-order valence-corrected chi connectivity index (χ4v) is 2.47. The van der Waals surface area contributed by atoms with Crippen molar-refractivity contribution in [3.63, 3.8) is 0 Å². The molecule has 0 bridgehead atoms. The van der Waals surface area contributed by atoms with Gasteiger partial charge < -0.3 is 25.3 Å². The van der Waals surface area contributed by atoms with Gasteiger partial charge in [0.1, 0.15) is 29.6 Å². The van der Waals surface area contributed by atoms with Gasteiger partial charge in [0.15, 0.2) is 0 Å². The summed E-state index contributed by atoms with van der Waals surface area (Å²) in [6.07, 6.45) is 1.17. The third-order valence-corrected chi connectivity index (χ3v) is 3.90. The second-order valence-electron chi connectivity index (χ2n) is 5.79. The molecule has 1 aromatic heterocycles. The van der Waals surface area contributed by atoms with Crippen LogP contribution in [0.2, 0.25) is 0 Å². The highest BCUT2D eigenvalue weighted by molar-refractivity contribution is 5.93. The Morgan fingerprint density at radius 3 is 2.74 bits per heavy atom. The smallest absolute Gasteiger partial charge is 0.317 e. The molecule has 0 saturated carbocycles. The van der Waals surface area contributed by atoms with E-state index in [1.807, 2.05) is 0 Å². The zero-order chi connectivity index (χ0) is 19.2. The summed E-state index contributed by atoms with van der Waals surface area (Å²) in [5, 5.41) is 5.24. The topological polar surface area (TPSA) is 116 Å². The molecule has 27 heavy (non-hydrogen) atoms. The van der Waals surface area contributed by atoms with Crippen LogP contribution in [0, 0.1) is 5.82 Å². The van der Waals surface area contributed by atoms with Crippen LogP contribution >= 0.6 is 0 Å². The normalized spacial score (nSPS) is 13.4. The summed E-state index contributed by atoms with van der Waals surface area (Å²) >= 11 is 0. The quantitative estimate of drug-likeness (QED) is 0.641. The highest BCUT2D eigenvalue weighted by Gasteiger charge is 2.19. The molecule has 2 heterocycles. The van der Waals surface area contributed by atoms with E-state index in [4.69, 9.17) is 4.74 Å². The molecule has 2 aromatic rings. The van der Waals surface area contributed by atoms with Crippen molar-refractivity contribution in [2.75, 3.05) is 26.2 Å². The molecule has 0 spiro atoms. The molecule has 9 nitrogen and oxygen atoms in total. The lowest BCUT2D eigenvalue weighted by atomic mass is 10.3. The van der Waals surface area contributed by atoms with Crippen LogP contribution in [0.1, 0.15) is 16.2 Å².